The van der Waals surface area contributed by atoms with Crippen molar-refractivity contribution in [2.45, 2.75) is 18.0 Å². The van der Waals surface area contributed by atoms with E-state index in [1.54, 1.807) is 54.6 Å². The molecule has 0 aliphatic carbocycles. The molecule has 6 rings (SSSR count). The van der Waals surface area contributed by atoms with Crippen molar-refractivity contribution in [2.24, 2.45) is 0 Å². The Kier molecular flexibility index (Phi) is 7.73. The maximum absolute atomic E-state index is 13.6. The summed E-state index contributed by atoms with van der Waals surface area (Å²) in [6.07, 6.45) is 4.18. The summed E-state index contributed by atoms with van der Waals surface area (Å²) in [6, 6.07) is 24.2. The highest BCUT2D eigenvalue weighted by molar-refractivity contribution is 7.90. The van der Waals surface area contributed by atoms with Crippen molar-refractivity contribution in [3.8, 4) is 11.1 Å². The number of benzene rings is 3. The fourth-order valence-electron chi connectivity index (χ4n) is 5.05. The van der Waals surface area contributed by atoms with Gasteiger partial charge in [0.25, 0.3) is 21.5 Å². The number of pyridine rings is 2. The zero-order chi connectivity index (χ0) is 31.7. The van der Waals surface area contributed by atoms with Crippen molar-refractivity contribution in [1.29, 1.82) is 0 Å². The number of carbonyl (C=O) groups is 1. The summed E-state index contributed by atoms with van der Waals surface area (Å²) in [7, 11) is -3.93. The standard InChI is InChI=1S/C33H24F2N4O5S/c34-29-13-12-22(17-30(29)35)20-37-15-6-10-27(33(37)41)32(40)36-19-24-18-23(14-16-38(24)42)28-21-39(31-11-5-4-9-26(28)31)45(43,44)25-7-2-1-3-8-25/h1-18,21H,19-20H2,(H,36,40). The van der Waals surface area contributed by atoms with Gasteiger partial charge in [-0.1, -0.05) is 42.5 Å². The molecule has 0 aliphatic heterocycles. The third-order valence-corrected chi connectivity index (χ3v) is 9.00. The Morgan fingerprint density at radius 1 is 0.889 bits per heavy atom. The average Bonchev–Trinajstić information content (AvgIpc) is 3.44. The van der Waals surface area contributed by atoms with E-state index in [-0.39, 0.29) is 29.2 Å². The Morgan fingerprint density at radius 3 is 2.42 bits per heavy atom. The highest BCUT2D eigenvalue weighted by atomic mass is 32.2. The number of para-hydroxylation sites is 1. The van der Waals surface area contributed by atoms with Crippen molar-refractivity contribution in [1.82, 2.24) is 13.9 Å². The highest BCUT2D eigenvalue weighted by Gasteiger charge is 2.23. The first kappa shape index (κ1) is 29.5. The molecule has 0 fully saturated rings. The first-order valence-electron chi connectivity index (χ1n) is 13.7. The maximum atomic E-state index is 13.6. The van der Waals surface area contributed by atoms with Gasteiger partial charge in [-0.15, -0.1) is 0 Å². The second kappa shape index (κ2) is 11.8. The van der Waals surface area contributed by atoms with E-state index in [0.29, 0.717) is 32.3 Å². The second-order valence-electron chi connectivity index (χ2n) is 10.2. The molecule has 0 atom stereocenters. The molecule has 3 heterocycles. The van der Waals surface area contributed by atoms with Gasteiger partial charge in [0.1, 0.15) is 12.1 Å². The van der Waals surface area contributed by atoms with Gasteiger partial charge in [0.05, 0.1) is 17.0 Å². The molecule has 226 valence electrons. The van der Waals surface area contributed by atoms with Crippen LogP contribution in [0.3, 0.4) is 0 Å². The van der Waals surface area contributed by atoms with Gasteiger partial charge in [0.15, 0.2) is 17.8 Å². The molecule has 3 aromatic heterocycles. The Balaban J connectivity index is 1.27. The van der Waals surface area contributed by atoms with Gasteiger partial charge in [-0.2, -0.15) is 4.73 Å². The lowest BCUT2D eigenvalue weighted by molar-refractivity contribution is -0.614. The van der Waals surface area contributed by atoms with E-state index in [2.05, 4.69) is 5.32 Å². The Labute approximate surface area is 255 Å². The molecule has 9 nitrogen and oxygen atoms in total. The third kappa shape index (κ3) is 5.70. The van der Waals surface area contributed by atoms with Gasteiger partial charge in [-0.3, -0.25) is 9.59 Å². The highest BCUT2D eigenvalue weighted by Crippen LogP contribution is 2.33. The van der Waals surface area contributed by atoms with Gasteiger partial charge in [-0.05, 0) is 53.6 Å². The van der Waals surface area contributed by atoms with E-state index in [1.807, 2.05) is 0 Å². The van der Waals surface area contributed by atoms with Crippen LogP contribution < -0.4 is 15.6 Å². The van der Waals surface area contributed by atoms with Crippen LogP contribution in [-0.2, 0) is 23.1 Å². The molecular formula is C33H24F2N4O5S. The molecule has 0 saturated heterocycles. The molecule has 12 heteroatoms. The van der Waals surface area contributed by atoms with E-state index in [1.165, 1.54) is 57.5 Å². The number of rotatable bonds is 8. The minimum absolute atomic E-state index is 0.0899. The summed E-state index contributed by atoms with van der Waals surface area (Å²) in [5.74, 6) is -2.80. The molecule has 1 amide bonds. The molecule has 0 bridgehead atoms. The lowest BCUT2D eigenvalue weighted by atomic mass is 10.1. The van der Waals surface area contributed by atoms with E-state index in [9.17, 15) is 32.0 Å². The second-order valence-corrected chi connectivity index (χ2v) is 12.0. The Morgan fingerprint density at radius 2 is 1.64 bits per heavy atom. The average molecular weight is 627 g/mol. The fourth-order valence-corrected chi connectivity index (χ4v) is 6.44. The van der Waals surface area contributed by atoms with Gasteiger partial charge in [0.2, 0.25) is 5.69 Å². The van der Waals surface area contributed by atoms with Crippen LogP contribution in [0.1, 0.15) is 21.6 Å². The van der Waals surface area contributed by atoms with Crippen LogP contribution in [0, 0.1) is 16.8 Å². The Bertz CT molecular complexity index is 2250. The summed E-state index contributed by atoms with van der Waals surface area (Å²) >= 11 is 0. The van der Waals surface area contributed by atoms with Crippen molar-refractivity contribution in [3.63, 3.8) is 0 Å². The number of carbonyl (C=O) groups excluding carboxylic acids is 1. The van der Waals surface area contributed by atoms with Crippen molar-refractivity contribution in [2.75, 3.05) is 0 Å². The zero-order valence-corrected chi connectivity index (χ0v) is 24.2. The molecule has 0 spiro atoms. The zero-order valence-electron chi connectivity index (χ0n) is 23.4. The van der Waals surface area contributed by atoms with Gasteiger partial charge >= 0.3 is 0 Å². The number of nitrogens with zero attached hydrogens (tertiary/aromatic N) is 3. The van der Waals surface area contributed by atoms with Crippen LogP contribution in [0.4, 0.5) is 8.78 Å². The minimum Gasteiger partial charge on any atom is -0.618 e. The monoisotopic (exact) mass is 626 g/mol. The third-order valence-electron chi connectivity index (χ3n) is 7.32. The summed E-state index contributed by atoms with van der Waals surface area (Å²) in [5.41, 5.74) is 1.16. The predicted molar refractivity (Wildman–Crippen MR) is 163 cm³/mol. The quantitative estimate of drug-likeness (QED) is 0.196. The number of amides is 1. The Hall–Kier alpha value is -5.62. The number of hydrogen-bond donors (Lipinski definition) is 1. The molecular weight excluding hydrogens is 602 g/mol. The topological polar surface area (TPSA) is 117 Å². The first-order chi connectivity index (χ1) is 21.6. The van der Waals surface area contributed by atoms with Crippen LogP contribution in [-0.4, -0.2) is 22.9 Å². The van der Waals surface area contributed by atoms with Gasteiger partial charge in [-0.25, -0.2) is 21.2 Å². The number of nitrogens with one attached hydrogen (secondary N) is 1. The van der Waals surface area contributed by atoms with E-state index >= 15 is 0 Å². The molecule has 0 unspecified atom stereocenters. The SMILES string of the molecule is O=C(NCc1cc(-c2cn(S(=O)(=O)c3ccccc3)c3ccccc23)cc[n+]1[O-])c1cccn(Cc2ccc(F)c(F)c2)c1=O. The fraction of sp³-hybridized carbons (Fsp3) is 0.0606. The largest absolute Gasteiger partial charge is 0.618 e. The number of aromatic nitrogens is 3. The smallest absolute Gasteiger partial charge is 0.268 e. The molecule has 0 radical (unpaired) electrons. The van der Waals surface area contributed by atoms with Crippen molar-refractivity contribution >= 4 is 26.8 Å². The number of halogens is 2. The first-order valence-corrected chi connectivity index (χ1v) is 15.1. The summed E-state index contributed by atoms with van der Waals surface area (Å²) in [6.45, 7) is -0.331. The number of fused-ring (bicyclic) bond motifs is 1. The van der Waals surface area contributed by atoms with E-state index < -0.39 is 33.1 Å². The molecule has 0 aliphatic rings. The van der Waals surface area contributed by atoms with Crippen LogP contribution in [0.25, 0.3) is 22.0 Å². The van der Waals surface area contributed by atoms with Crippen LogP contribution in [0.15, 0.2) is 125 Å². The maximum Gasteiger partial charge on any atom is 0.268 e. The lowest BCUT2D eigenvalue weighted by Gasteiger charge is -2.10. The number of hydrogen-bond acceptors (Lipinski definition) is 5. The van der Waals surface area contributed by atoms with E-state index in [4.69, 9.17) is 0 Å². The van der Waals surface area contributed by atoms with Crippen LogP contribution in [0.5, 0.6) is 0 Å². The van der Waals surface area contributed by atoms with Gasteiger partial charge < -0.3 is 15.1 Å². The molecule has 45 heavy (non-hydrogen) atoms. The van der Waals surface area contributed by atoms with E-state index in [0.717, 1.165) is 12.1 Å². The summed E-state index contributed by atoms with van der Waals surface area (Å²) in [4.78, 5) is 26.1. The predicted octanol–water partition coefficient (Wildman–Crippen LogP) is 4.60. The van der Waals surface area contributed by atoms with Gasteiger partial charge in [0, 0.05) is 35.5 Å². The minimum atomic E-state index is -3.93. The normalized spacial score (nSPS) is 11.5. The van der Waals surface area contributed by atoms with Crippen molar-refractivity contribution in [3.05, 3.63) is 160 Å². The summed E-state index contributed by atoms with van der Waals surface area (Å²) in [5, 5.41) is 15.9. The van der Waals surface area contributed by atoms with Crippen molar-refractivity contribution < 1.29 is 26.7 Å². The molecule has 3 aromatic carbocycles. The summed E-state index contributed by atoms with van der Waals surface area (Å²) < 4.78 is 56.9. The van der Waals surface area contributed by atoms with Crippen LogP contribution >= 0.6 is 0 Å². The van der Waals surface area contributed by atoms with Crippen LogP contribution in [0.2, 0.25) is 0 Å². The molecule has 1 N–H and O–H groups in total. The molecule has 0 saturated carbocycles. The lowest BCUT2D eigenvalue weighted by Crippen LogP contribution is -2.38. The molecule has 6 aromatic rings.